The number of aryl methyl sites for hydroxylation is 1. The van der Waals surface area contributed by atoms with E-state index in [1.807, 2.05) is 22.9 Å². The Labute approximate surface area is 151 Å². The van der Waals surface area contributed by atoms with Crippen molar-refractivity contribution in [1.82, 2.24) is 4.57 Å². The van der Waals surface area contributed by atoms with E-state index < -0.39 is 0 Å². The molecule has 5 heteroatoms. The molecule has 1 aromatic heterocycles. The monoisotopic (exact) mass is 359 g/mol. The van der Waals surface area contributed by atoms with Crippen LogP contribution in [-0.2, 0) is 17.7 Å². The lowest BCUT2D eigenvalue weighted by atomic mass is 10.0. The smallest absolute Gasteiger partial charge is 0.165 e. The van der Waals surface area contributed by atoms with Gasteiger partial charge in [0.05, 0.1) is 17.1 Å². The molecule has 0 saturated heterocycles. The molecule has 3 rings (SSSR count). The van der Waals surface area contributed by atoms with Gasteiger partial charge in [-0.05, 0) is 30.2 Å². The molecule has 0 aliphatic rings. The Morgan fingerprint density at radius 2 is 2.00 bits per heavy atom. The van der Waals surface area contributed by atoms with Crippen molar-refractivity contribution in [2.45, 2.75) is 19.4 Å². The van der Waals surface area contributed by atoms with E-state index in [9.17, 15) is 9.18 Å². The average molecular weight is 360 g/mol. The van der Waals surface area contributed by atoms with Crippen LogP contribution in [0.25, 0.3) is 10.9 Å². The summed E-state index contributed by atoms with van der Waals surface area (Å²) in [6.45, 7) is 1.17. The van der Waals surface area contributed by atoms with Crippen LogP contribution >= 0.6 is 11.6 Å². The summed E-state index contributed by atoms with van der Waals surface area (Å²) >= 11 is 6.34. The maximum atomic E-state index is 13.8. The molecule has 0 aliphatic heterocycles. The van der Waals surface area contributed by atoms with Crippen molar-refractivity contribution in [2.75, 3.05) is 13.7 Å². The van der Waals surface area contributed by atoms with E-state index in [0.29, 0.717) is 35.7 Å². The number of rotatable bonds is 7. The predicted molar refractivity (Wildman–Crippen MR) is 97.9 cm³/mol. The van der Waals surface area contributed by atoms with Gasteiger partial charge in [-0.15, -0.1) is 0 Å². The molecule has 0 spiro atoms. The van der Waals surface area contributed by atoms with Crippen LogP contribution in [0.3, 0.4) is 0 Å². The fourth-order valence-electron chi connectivity index (χ4n) is 2.98. The molecule has 3 nitrogen and oxygen atoms in total. The van der Waals surface area contributed by atoms with Gasteiger partial charge in [-0.25, -0.2) is 4.39 Å². The molecule has 25 heavy (non-hydrogen) atoms. The molecule has 0 radical (unpaired) electrons. The van der Waals surface area contributed by atoms with Crippen molar-refractivity contribution in [3.63, 3.8) is 0 Å². The first-order valence-corrected chi connectivity index (χ1v) is 8.52. The van der Waals surface area contributed by atoms with Gasteiger partial charge in [-0.2, -0.15) is 0 Å². The Morgan fingerprint density at radius 3 is 2.76 bits per heavy atom. The van der Waals surface area contributed by atoms with E-state index >= 15 is 0 Å². The van der Waals surface area contributed by atoms with E-state index in [0.717, 1.165) is 10.9 Å². The lowest BCUT2D eigenvalue weighted by molar-refractivity contribution is 0.0984. The quantitative estimate of drug-likeness (QED) is 0.562. The largest absolute Gasteiger partial charge is 0.383 e. The lowest BCUT2D eigenvalue weighted by Gasteiger charge is -2.04. The van der Waals surface area contributed by atoms with Gasteiger partial charge in [0.2, 0.25) is 0 Å². The van der Waals surface area contributed by atoms with Crippen LogP contribution in [0.5, 0.6) is 0 Å². The number of aromatic nitrogens is 1. The molecule has 0 bridgehead atoms. The zero-order valence-electron chi connectivity index (χ0n) is 14.0. The normalized spacial score (nSPS) is 11.2. The molecule has 0 unspecified atom stereocenters. The molecule has 0 fully saturated rings. The molecule has 0 saturated carbocycles. The zero-order chi connectivity index (χ0) is 17.8. The third-order valence-corrected chi connectivity index (χ3v) is 4.59. The number of fused-ring (bicyclic) bond motifs is 1. The number of ether oxygens (including phenoxy) is 1. The van der Waals surface area contributed by atoms with Crippen molar-refractivity contribution in [3.05, 3.63) is 70.6 Å². The topological polar surface area (TPSA) is 31.2 Å². The summed E-state index contributed by atoms with van der Waals surface area (Å²) in [6.07, 6.45) is 2.41. The SMILES string of the molecule is COCCn1cc(C(=O)CCc2ccccc2F)c2c(Cl)cccc21. The van der Waals surface area contributed by atoms with Crippen molar-refractivity contribution in [1.29, 1.82) is 0 Å². The molecule has 0 N–H and O–H groups in total. The highest BCUT2D eigenvalue weighted by Crippen LogP contribution is 2.30. The van der Waals surface area contributed by atoms with Crippen LogP contribution in [0.1, 0.15) is 22.3 Å². The number of ketones is 1. The summed E-state index contributed by atoms with van der Waals surface area (Å²) in [5.41, 5.74) is 2.02. The second-order valence-electron chi connectivity index (χ2n) is 5.88. The van der Waals surface area contributed by atoms with Gasteiger partial charge < -0.3 is 9.30 Å². The van der Waals surface area contributed by atoms with Gasteiger partial charge in [-0.1, -0.05) is 35.9 Å². The van der Waals surface area contributed by atoms with Crippen LogP contribution in [0.2, 0.25) is 5.02 Å². The molecule has 130 valence electrons. The van der Waals surface area contributed by atoms with Crippen LogP contribution in [0.15, 0.2) is 48.7 Å². The van der Waals surface area contributed by atoms with Crippen molar-refractivity contribution < 1.29 is 13.9 Å². The third kappa shape index (κ3) is 3.75. The number of halogens is 2. The number of Topliss-reactive ketones (excluding diaryl/α,β-unsaturated/α-hetero) is 1. The molecule has 0 amide bonds. The highest BCUT2D eigenvalue weighted by molar-refractivity contribution is 6.37. The number of methoxy groups -OCH3 is 1. The number of hydrogen-bond donors (Lipinski definition) is 0. The molecular weight excluding hydrogens is 341 g/mol. The van der Waals surface area contributed by atoms with E-state index in [-0.39, 0.29) is 18.0 Å². The summed E-state index contributed by atoms with van der Waals surface area (Å²) in [6, 6.07) is 12.1. The van der Waals surface area contributed by atoms with E-state index in [2.05, 4.69) is 0 Å². The van der Waals surface area contributed by atoms with Crippen molar-refractivity contribution in [2.24, 2.45) is 0 Å². The van der Waals surface area contributed by atoms with Crippen LogP contribution < -0.4 is 0 Å². The number of carbonyl (C=O) groups excluding carboxylic acids is 1. The van der Waals surface area contributed by atoms with Gasteiger partial charge in [0.1, 0.15) is 5.82 Å². The molecular formula is C20H19ClFNO2. The highest BCUT2D eigenvalue weighted by Gasteiger charge is 2.17. The summed E-state index contributed by atoms with van der Waals surface area (Å²) in [7, 11) is 1.64. The van der Waals surface area contributed by atoms with Gasteiger partial charge in [0.25, 0.3) is 0 Å². The molecule has 3 aromatic rings. The number of benzene rings is 2. The van der Waals surface area contributed by atoms with Gasteiger partial charge in [0.15, 0.2) is 5.78 Å². The fraction of sp³-hybridized carbons (Fsp3) is 0.250. The first-order chi connectivity index (χ1) is 12.1. The standard InChI is InChI=1S/C20H19ClFNO2/c1-25-12-11-23-13-15(20-16(21)6-4-8-18(20)23)19(24)10-9-14-5-2-3-7-17(14)22/h2-8,13H,9-12H2,1H3. The Balaban J connectivity index is 1.89. The fourth-order valence-corrected chi connectivity index (χ4v) is 3.25. The molecule has 2 aromatic carbocycles. The van der Waals surface area contributed by atoms with E-state index in [1.165, 1.54) is 6.07 Å². The second kappa shape index (κ2) is 7.81. The van der Waals surface area contributed by atoms with Crippen LogP contribution in [0, 0.1) is 5.82 Å². The van der Waals surface area contributed by atoms with E-state index in [1.54, 1.807) is 31.4 Å². The molecule has 1 heterocycles. The van der Waals surface area contributed by atoms with Crippen LogP contribution in [0.4, 0.5) is 4.39 Å². The van der Waals surface area contributed by atoms with Crippen LogP contribution in [-0.4, -0.2) is 24.1 Å². The van der Waals surface area contributed by atoms with Crippen molar-refractivity contribution >= 4 is 28.3 Å². The number of hydrogen-bond acceptors (Lipinski definition) is 2. The summed E-state index contributed by atoms with van der Waals surface area (Å²) in [5, 5.41) is 1.29. The predicted octanol–water partition coefficient (Wildman–Crippen LogP) is 4.90. The molecule has 0 atom stereocenters. The summed E-state index contributed by atoms with van der Waals surface area (Å²) in [4.78, 5) is 12.8. The average Bonchev–Trinajstić information content (AvgIpc) is 2.99. The first-order valence-electron chi connectivity index (χ1n) is 8.14. The minimum absolute atomic E-state index is 0.0440. The van der Waals surface area contributed by atoms with Gasteiger partial charge in [-0.3, -0.25) is 4.79 Å². The number of carbonyl (C=O) groups is 1. The molecule has 0 aliphatic carbocycles. The minimum Gasteiger partial charge on any atom is -0.383 e. The highest BCUT2D eigenvalue weighted by atomic mass is 35.5. The number of nitrogens with zero attached hydrogens (tertiary/aromatic N) is 1. The summed E-state index contributed by atoms with van der Waals surface area (Å²) in [5.74, 6) is -0.326. The first kappa shape index (κ1) is 17.6. The Bertz CT molecular complexity index is 904. The second-order valence-corrected chi connectivity index (χ2v) is 6.28. The maximum Gasteiger partial charge on any atom is 0.165 e. The lowest BCUT2D eigenvalue weighted by Crippen LogP contribution is -2.04. The van der Waals surface area contributed by atoms with Crippen molar-refractivity contribution in [3.8, 4) is 0 Å². The van der Waals surface area contributed by atoms with E-state index in [4.69, 9.17) is 16.3 Å². The maximum absolute atomic E-state index is 13.8. The minimum atomic E-state index is -0.282. The van der Waals surface area contributed by atoms with Gasteiger partial charge >= 0.3 is 0 Å². The Morgan fingerprint density at radius 1 is 1.20 bits per heavy atom. The third-order valence-electron chi connectivity index (χ3n) is 4.27. The zero-order valence-corrected chi connectivity index (χ0v) is 14.7. The summed E-state index contributed by atoms with van der Waals surface area (Å²) < 4.78 is 20.9. The Hall–Kier alpha value is -2.17. The van der Waals surface area contributed by atoms with Gasteiger partial charge in [0, 0.05) is 37.2 Å². The Kier molecular flexibility index (Phi) is 5.51.